The average Bonchev–Trinajstić information content (AvgIpc) is 3.79. The van der Waals surface area contributed by atoms with Crippen molar-refractivity contribution in [3.8, 4) is 0 Å². The molecular formula is C26H24Cl4N16. The maximum Gasteiger partial charge on any atom is 0.225 e. The number of hydrogen-bond donors (Lipinski definition) is 2. The standard InChI is InChI=1S/C8H10N4.C7H7ClN4.C6H5ClN4.C5H2Cl2N4/c1-5-7-8(11-6(2)10-5)12(3)4-9-7;1-4-5-6(11-7(8)10-4)12(2)3-9-5;1-3-4-5(9-2-8-4)11-6(7)10-3;6-3-2-4(9-1-8-2)11-5(7)10-3/h4H,1-3H3;3H,1-2H3;2H,1H3,(H,8,9,10,11);1H,(H,8,9,10,11). The van der Waals surface area contributed by atoms with E-state index in [0.717, 1.165) is 50.8 Å². The molecule has 46 heavy (non-hydrogen) atoms. The van der Waals surface area contributed by atoms with Crippen LogP contribution in [0, 0.1) is 27.7 Å². The Bertz CT molecular complexity index is 2140. The number of imidazole rings is 4. The zero-order chi connectivity index (χ0) is 33.1. The Morgan fingerprint density at radius 2 is 1.00 bits per heavy atom. The molecular weight excluding hydrogens is 678 g/mol. The second-order valence-corrected chi connectivity index (χ2v) is 10.9. The number of aromatic amines is 2. The highest BCUT2D eigenvalue weighted by molar-refractivity contribution is 6.35. The molecule has 2 N–H and O–H groups in total. The molecule has 0 aliphatic carbocycles. The van der Waals surface area contributed by atoms with Crippen LogP contribution in [0.1, 0.15) is 22.9 Å². The molecule has 236 valence electrons. The van der Waals surface area contributed by atoms with Crippen molar-refractivity contribution in [3.05, 3.63) is 69.2 Å². The lowest BCUT2D eigenvalue weighted by Gasteiger charge is -1.97. The van der Waals surface area contributed by atoms with E-state index in [2.05, 4.69) is 69.8 Å². The van der Waals surface area contributed by atoms with E-state index in [1.165, 1.54) is 6.33 Å². The fourth-order valence-electron chi connectivity index (χ4n) is 4.12. The highest BCUT2D eigenvalue weighted by Gasteiger charge is 2.08. The Balaban J connectivity index is 0.000000121. The molecule has 0 bridgehead atoms. The first-order valence-electron chi connectivity index (χ1n) is 13.2. The van der Waals surface area contributed by atoms with Crippen LogP contribution in [0.25, 0.3) is 44.7 Å². The molecule has 8 rings (SSSR count). The van der Waals surface area contributed by atoms with Crippen molar-refractivity contribution in [2.75, 3.05) is 0 Å². The number of halogens is 4. The van der Waals surface area contributed by atoms with Crippen molar-refractivity contribution in [1.29, 1.82) is 0 Å². The Kier molecular flexibility index (Phi) is 9.81. The van der Waals surface area contributed by atoms with Gasteiger partial charge in [0.15, 0.2) is 27.7 Å². The van der Waals surface area contributed by atoms with Crippen molar-refractivity contribution >= 4 is 91.1 Å². The van der Waals surface area contributed by atoms with E-state index in [0.29, 0.717) is 16.8 Å². The molecule has 0 aromatic carbocycles. The topological polar surface area (TPSA) is 196 Å². The third-order valence-electron chi connectivity index (χ3n) is 6.21. The van der Waals surface area contributed by atoms with Crippen LogP contribution in [0.2, 0.25) is 21.0 Å². The Hall–Kier alpha value is -4.64. The van der Waals surface area contributed by atoms with Crippen molar-refractivity contribution in [2.45, 2.75) is 27.7 Å². The average molecular weight is 702 g/mol. The number of nitrogens with zero attached hydrogens (tertiary/aromatic N) is 14. The van der Waals surface area contributed by atoms with Gasteiger partial charge >= 0.3 is 0 Å². The van der Waals surface area contributed by atoms with Crippen LogP contribution in [0.4, 0.5) is 0 Å². The van der Waals surface area contributed by atoms with Crippen LogP contribution in [-0.4, -0.2) is 78.9 Å². The van der Waals surface area contributed by atoms with Crippen LogP contribution < -0.4 is 0 Å². The zero-order valence-corrected chi connectivity index (χ0v) is 28.1. The van der Waals surface area contributed by atoms with Crippen molar-refractivity contribution in [2.24, 2.45) is 14.1 Å². The molecule has 0 amide bonds. The summed E-state index contributed by atoms with van der Waals surface area (Å²) < 4.78 is 3.72. The van der Waals surface area contributed by atoms with E-state index in [9.17, 15) is 0 Å². The second-order valence-electron chi connectivity index (χ2n) is 9.55. The second kappa shape index (κ2) is 13.8. The monoisotopic (exact) mass is 700 g/mol. The molecule has 0 atom stereocenters. The minimum atomic E-state index is 0.106. The van der Waals surface area contributed by atoms with E-state index < -0.39 is 0 Å². The summed E-state index contributed by atoms with van der Waals surface area (Å²) in [7, 11) is 3.80. The minimum Gasteiger partial charge on any atom is -0.342 e. The molecule has 8 aromatic rings. The predicted molar refractivity (Wildman–Crippen MR) is 175 cm³/mol. The maximum atomic E-state index is 5.70. The first-order valence-corrected chi connectivity index (χ1v) is 14.7. The molecule has 0 saturated carbocycles. The normalized spacial score (nSPS) is 10.8. The van der Waals surface area contributed by atoms with E-state index in [4.69, 9.17) is 46.4 Å². The van der Waals surface area contributed by atoms with Crippen LogP contribution in [-0.2, 0) is 14.1 Å². The van der Waals surface area contributed by atoms with Gasteiger partial charge in [-0.3, -0.25) is 0 Å². The molecule has 8 heterocycles. The van der Waals surface area contributed by atoms with Crippen LogP contribution in [0.3, 0.4) is 0 Å². The third-order valence-corrected chi connectivity index (χ3v) is 6.99. The SMILES string of the molecule is Cc1nc(C)c2ncn(C)c2n1.Cc1nc(Cl)nc2c1ncn2C.Cc1nc(Cl)nc2nc[nH]c12.Clc1nc(Cl)c2[nH]cnc2n1. The maximum absolute atomic E-state index is 5.70. The Morgan fingerprint density at radius 1 is 0.522 bits per heavy atom. The summed E-state index contributed by atoms with van der Waals surface area (Å²) in [5, 5.41) is 0.901. The van der Waals surface area contributed by atoms with Gasteiger partial charge in [0.1, 0.15) is 27.9 Å². The van der Waals surface area contributed by atoms with Gasteiger partial charge in [0.05, 0.1) is 42.4 Å². The van der Waals surface area contributed by atoms with Crippen molar-refractivity contribution < 1.29 is 0 Å². The molecule has 8 aromatic heterocycles. The molecule has 0 unspecified atom stereocenters. The highest BCUT2D eigenvalue weighted by atomic mass is 35.5. The summed E-state index contributed by atoms with van der Waals surface area (Å²) in [6, 6.07) is 0. The van der Waals surface area contributed by atoms with Crippen molar-refractivity contribution in [1.82, 2.24) is 78.9 Å². The summed E-state index contributed by atoms with van der Waals surface area (Å²) >= 11 is 22.5. The van der Waals surface area contributed by atoms with Crippen LogP contribution in [0.5, 0.6) is 0 Å². The number of H-pyrrole nitrogens is 2. The van der Waals surface area contributed by atoms with E-state index in [-0.39, 0.29) is 21.0 Å². The molecule has 0 fully saturated rings. The van der Waals surface area contributed by atoms with Gasteiger partial charge < -0.3 is 19.1 Å². The quantitative estimate of drug-likeness (QED) is 0.154. The van der Waals surface area contributed by atoms with Gasteiger partial charge in [-0.2, -0.15) is 15.0 Å². The minimum absolute atomic E-state index is 0.106. The summed E-state index contributed by atoms with van der Waals surface area (Å²) in [6.45, 7) is 7.56. The molecule has 0 saturated heterocycles. The predicted octanol–water partition coefficient (Wildman–Crippen LogP) is 5.28. The lowest BCUT2D eigenvalue weighted by Crippen LogP contribution is -1.95. The van der Waals surface area contributed by atoms with E-state index in [1.807, 2.05) is 50.9 Å². The zero-order valence-electron chi connectivity index (χ0n) is 25.1. The summed E-state index contributed by atoms with van der Waals surface area (Å²) in [5.41, 5.74) is 8.49. The fourth-order valence-corrected chi connectivity index (χ4v) is 4.96. The van der Waals surface area contributed by atoms with Gasteiger partial charge in [0, 0.05) is 14.1 Å². The highest BCUT2D eigenvalue weighted by Crippen LogP contribution is 2.18. The fraction of sp³-hybridized carbons (Fsp3) is 0.231. The number of aryl methyl sites for hydroxylation is 6. The summed E-state index contributed by atoms with van der Waals surface area (Å²) in [6.07, 6.45) is 6.51. The molecule has 0 radical (unpaired) electrons. The van der Waals surface area contributed by atoms with Gasteiger partial charge in [-0.05, 0) is 62.5 Å². The van der Waals surface area contributed by atoms with E-state index >= 15 is 0 Å². The van der Waals surface area contributed by atoms with Crippen LogP contribution in [0.15, 0.2) is 25.3 Å². The molecule has 0 spiro atoms. The number of fused-ring (bicyclic) bond motifs is 4. The smallest absolute Gasteiger partial charge is 0.225 e. The third kappa shape index (κ3) is 7.25. The lowest BCUT2D eigenvalue weighted by molar-refractivity contribution is 0.917. The molecule has 16 nitrogen and oxygen atoms in total. The van der Waals surface area contributed by atoms with Gasteiger partial charge in [-0.15, -0.1) is 0 Å². The van der Waals surface area contributed by atoms with Gasteiger partial charge in [-0.1, -0.05) is 11.6 Å². The largest absolute Gasteiger partial charge is 0.342 e. The summed E-state index contributed by atoms with van der Waals surface area (Å²) in [5.74, 6) is 0.795. The van der Waals surface area contributed by atoms with E-state index in [1.54, 1.807) is 19.0 Å². The Morgan fingerprint density at radius 3 is 1.63 bits per heavy atom. The van der Waals surface area contributed by atoms with Gasteiger partial charge in [-0.25, -0.2) is 44.9 Å². The number of aromatic nitrogens is 16. The molecule has 0 aliphatic heterocycles. The number of hydrogen-bond acceptors (Lipinski definition) is 12. The van der Waals surface area contributed by atoms with Crippen LogP contribution >= 0.6 is 46.4 Å². The molecule has 0 aliphatic rings. The van der Waals surface area contributed by atoms with Gasteiger partial charge in [0.25, 0.3) is 0 Å². The van der Waals surface area contributed by atoms with Gasteiger partial charge in [0.2, 0.25) is 15.9 Å². The molecule has 20 heteroatoms. The Labute approximate surface area is 280 Å². The van der Waals surface area contributed by atoms with Crippen molar-refractivity contribution in [3.63, 3.8) is 0 Å². The first kappa shape index (κ1) is 32.7. The first-order chi connectivity index (χ1) is 21.9. The number of rotatable bonds is 0. The summed E-state index contributed by atoms with van der Waals surface area (Å²) in [4.78, 5) is 53.8. The lowest BCUT2D eigenvalue weighted by atomic mass is 10.4. The number of nitrogens with one attached hydrogen (secondary N) is 2.